The van der Waals surface area contributed by atoms with Crippen LogP contribution in [-0.2, 0) is 11.4 Å². The van der Waals surface area contributed by atoms with Gasteiger partial charge in [-0.1, -0.05) is 33.2 Å². The largest absolute Gasteiger partial charge is 0.472 e. The zero-order chi connectivity index (χ0) is 14.4. The summed E-state index contributed by atoms with van der Waals surface area (Å²) in [6.07, 6.45) is 2.77. The molecule has 6 nitrogen and oxygen atoms in total. The molecule has 1 aromatic carbocycles. The lowest BCUT2D eigenvalue weighted by molar-refractivity contribution is 0.215. The zero-order valence-electron chi connectivity index (χ0n) is 10.8. The van der Waals surface area contributed by atoms with Crippen molar-refractivity contribution in [3.63, 3.8) is 0 Å². The van der Waals surface area contributed by atoms with Gasteiger partial charge < -0.3 is 15.3 Å². The van der Waals surface area contributed by atoms with Gasteiger partial charge in [-0.15, -0.1) is 0 Å². The maximum atomic E-state index is 5.77. The Hall–Kier alpha value is -2.15. The predicted molar refractivity (Wildman–Crippen MR) is 79.5 cm³/mol. The minimum Gasteiger partial charge on any atom is -0.472 e. The van der Waals surface area contributed by atoms with Crippen molar-refractivity contribution in [3.05, 3.63) is 46.2 Å². The summed E-state index contributed by atoms with van der Waals surface area (Å²) in [5.41, 5.74) is 7.27. The number of benzene rings is 1. The van der Waals surface area contributed by atoms with Crippen LogP contribution >= 0.6 is 15.9 Å². The predicted octanol–water partition coefficient (Wildman–Crippen LogP) is 2.38. The molecule has 0 aliphatic carbocycles. The molecule has 0 aliphatic heterocycles. The molecule has 0 aliphatic rings. The molecule has 0 saturated carbocycles. The highest BCUT2D eigenvalue weighted by atomic mass is 79.9. The zero-order valence-corrected chi connectivity index (χ0v) is 12.4. The van der Waals surface area contributed by atoms with Gasteiger partial charge in [0.05, 0.1) is 6.21 Å². The van der Waals surface area contributed by atoms with Crippen LogP contribution in [-0.4, -0.2) is 23.3 Å². The number of hydrogen-bond donors (Lipinski definition) is 1. The summed E-state index contributed by atoms with van der Waals surface area (Å²) in [6.45, 7) is 0.365. The Morgan fingerprint density at radius 3 is 3.00 bits per heavy atom. The van der Waals surface area contributed by atoms with Crippen molar-refractivity contribution >= 4 is 28.0 Å². The first kappa shape index (κ1) is 14.3. The Kier molecular flexibility index (Phi) is 4.89. The lowest BCUT2D eigenvalue weighted by Gasteiger charge is -2.09. The number of nitrogens with zero attached hydrogens (tertiary/aromatic N) is 3. The Labute approximate surface area is 124 Å². The van der Waals surface area contributed by atoms with Crippen molar-refractivity contribution in [1.29, 1.82) is 0 Å². The first-order valence-electron chi connectivity index (χ1n) is 5.75. The summed E-state index contributed by atoms with van der Waals surface area (Å²) < 4.78 is 6.65. The van der Waals surface area contributed by atoms with E-state index in [9.17, 15) is 0 Å². The van der Waals surface area contributed by atoms with Crippen LogP contribution in [0.5, 0.6) is 5.88 Å². The van der Waals surface area contributed by atoms with Crippen LogP contribution in [0.2, 0.25) is 0 Å². The lowest BCUT2D eigenvalue weighted by atomic mass is 10.2. The van der Waals surface area contributed by atoms with Crippen LogP contribution < -0.4 is 10.5 Å². The molecule has 0 spiro atoms. The molecule has 0 radical (unpaired) electrons. The number of aromatic nitrogens is 2. The third-order valence-corrected chi connectivity index (χ3v) is 2.92. The topological polar surface area (TPSA) is 82.6 Å². The van der Waals surface area contributed by atoms with Gasteiger partial charge in [0.1, 0.15) is 31.4 Å². The van der Waals surface area contributed by atoms with Gasteiger partial charge in [-0.2, -0.15) is 0 Å². The fraction of sp³-hybridized carbons (Fsp3) is 0.154. The number of nitrogen functional groups attached to an aromatic ring is 1. The summed E-state index contributed by atoms with van der Waals surface area (Å²) in [4.78, 5) is 12.6. The maximum absolute atomic E-state index is 5.77. The average molecular weight is 337 g/mol. The smallest absolute Gasteiger partial charge is 0.228 e. The number of nitrogens with two attached hydrogens (primary N) is 1. The molecule has 0 fully saturated rings. The van der Waals surface area contributed by atoms with Crippen LogP contribution in [0.3, 0.4) is 0 Å². The quantitative estimate of drug-likeness (QED) is 0.669. The molecule has 2 rings (SSSR count). The van der Waals surface area contributed by atoms with Gasteiger partial charge in [-0.3, -0.25) is 0 Å². The molecule has 2 N–H and O–H groups in total. The highest BCUT2D eigenvalue weighted by Crippen LogP contribution is 2.19. The molecule has 0 atom stereocenters. The molecule has 1 aromatic heterocycles. The molecule has 1 heterocycles. The molecule has 0 amide bonds. The summed E-state index contributed by atoms with van der Waals surface area (Å²) in [6, 6.07) is 7.80. The Balaban J connectivity index is 2.17. The molecule has 0 saturated heterocycles. The normalized spacial score (nSPS) is 10.7. The number of ether oxygens (including phenoxy) is 1. The van der Waals surface area contributed by atoms with Crippen LogP contribution in [0, 0.1) is 0 Å². The van der Waals surface area contributed by atoms with Crippen LogP contribution in [0.1, 0.15) is 11.1 Å². The monoisotopic (exact) mass is 336 g/mol. The molecule has 2 aromatic rings. The lowest BCUT2D eigenvalue weighted by Crippen LogP contribution is -2.05. The summed E-state index contributed by atoms with van der Waals surface area (Å²) in [5.74, 6) is 0.642. The molecule has 0 unspecified atom stereocenters. The van der Waals surface area contributed by atoms with E-state index < -0.39 is 0 Å². The van der Waals surface area contributed by atoms with Gasteiger partial charge in [0.25, 0.3) is 0 Å². The van der Waals surface area contributed by atoms with Crippen molar-refractivity contribution in [1.82, 2.24) is 9.97 Å². The van der Waals surface area contributed by atoms with Gasteiger partial charge in [0.15, 0.2) is 0 Å². The summed E-state index contributed by atoms with van der Waals surface area (Å²) in [5, 5.41) is 3.66. The second-order valence-electron chi connectivity index (χ2n) is 3.81. The number of rotatable bonds is 5. The average Bonchev–Trinajstić information content (AvgIpc) is 2.44. The van der Waals surface area contributed by atoms with E-state index in [1.54, 1.807) is 0 Å². The Bertz CT molecular complexity index is 619. The second kappa shape index (κ2) is 6.85. The van der Waals surface area contributed by atoms with E-state index in [2.05, 4.69) is 35.9 Å². The van der Waals surface area contributed by atoms with E-state index in [1.807, 2.05) is 24.3 Å². The first-order chi connectivity index (χ1) is 9.70. The molecule has 20 heavy (non-hydrogen) atoms. The van der Waals surface area contributed by atoms with Crippen molar-refractivity contribution in [2.45, 2.75) is 6.61 Å². The van der Waals surface area contributed by atoms with E-state index in [1.165, 1.54) is 19.7 Å². The number of hydrogen-bond acceptors (Lipinski definition) is 6. The standard InChI is InChI=1S/C13H13BrN4O2/c1-19-18-6-11-12(15)16-8-17-13(11)20-7-9-3-2-4-10(14)5-9/h2-6,8H,7H2,1H3,(H2,15,16,17)/b18-6+. The molecular formula is C13H13BrN4O2. The summed E-state index contributed by atoms with van der Waals surface area (Å²) in [7, 11) is 1.44. The maximum Gasteiger partial charge on any atom is 0.228 e. The van der Waals surface area contributed by atoms with Gasteiger partial charge in [-0.05, 0) is 17.7 Å². The Morgan fingerprint density at radius 1 is 1.40 bits per heavy atom. The van der Waals surface area contributed by atoms with Crippen molar-refractivity contribution in [2.75, 3.05) is 12.8 Å². The van der Waals surface area contributed by atoms with Crippen LogP contribution in [0.15, 0.2) is 40.2 Å². The van der Waals surface area contributed by atoms with Crippen molar-refractivity contribution < 1.29 is 9.57 Å². The van der Waals surface area contributed by atoms with Gasteiger partial charge in [0.2, 0.25) is 5.88 Å². The van der Waals surface area contributed by atoms with E-state index in [-0.39, 0.29) is 5.82 Å². The first-order valence-corrected chi connectivity index (χ1v) is 6.54. The van der Waals surface area contributed by atoms with Crippen molar-refractivity contribution in [2.24, 2.45) is 5.16 Å². The number of oxime groups is 1. The fourth-order valence-electron chi connectivity index (χ4n) is 1.51. The molecule has 7 heteroatoms. The van der Waals surface area contributed by atoms with Gasteiger partial charge >= 0.3 is 0 Å². The highest BCUT2D eigenvalue weighted by Gasteiger charge is 2.09. The van der Waals surface area contributed by atoms with Gasteiger partial charge in [0, 0.05) is 4.47 Å². The number of halogens is 1. The van der Waals surface area contributed by atoms with E-state index in [0.29, 0.717) is 18.1 Å². The van der Waals surface area contributed by atoms with Crippen LogP contribution in [0.25, 0.3) is 0 Å². The summed E-state index contributed by atoms with van der Waals surface area (Å²) >= 11 is 3.41. The Morgan fingerprint density at radius 2 is 2.25 bits per heavy atom. The minimum absolute atomic E-state index is 0.282. The van der Waals surface area contributed by atoms with Gasteiger partial charge in [-0.25, -0.2) is 9.97 Å². The fourth-order valence-corrected chi connectivity index (χ4v) is 1.96. The van der Waals surface area contributed by atoms with E-state index in [0.717, 1.165) is 10.0 Å². The number of anilines is 1. The minimum atomic E-state index is 0.282. The third kappa shape index (κ3) is 3.67. The second-order valence-corrected chi connectivity index (χ2v) is 4.73. The molecule has 104 valence electrons. The SMILES string of the molecule is CO/N=C/c1c(N)ncnc1OCc1cccc(Br)c1. The van der Waals surface area contributed by atoms with Crippen molar-refractivity contribution in [3.8, 4) is 5.88 Å². The highest BCUT2D eigenvalue weighted by molar-refractivity contribution is 9.10. The molecule has 0 bridgehead atoms. The van der Waals surface area contributed by atoms with E-state index in [4.69, 9.17) is 10.5 Å². The van der Waals surface area contributed by atoms with Crippen LogP contribution in [0.4, 0.5) is 5.82 Å². The molecular weight excluding hydrogens is 324 g/mol. The third-order valence-electron chi connectivity index (χ3n) is 2.43. The van der Waals surface area contributed by atoms with E-state index >= 15 is 0 Å².